The molecule has 4 N–H and O–H groups in total. The van der Waals surface area contributed by atoms with E-state index in [2.05, 4.69) is 10.5 Å². The number of amidine groups is 1. The van der Waals surface area contributed by atoms with Gasteiger partial charge in [-0.3, -0.25) is 0 Å². The predicted octanol–water partition coefficient (Wildman–Crippen LogP) is 1.90. The molecule has 0 aromatic heterocycles. The lowest BCUT2D eigenvalue weighted by atomic mass is 10.2. The average molecular weight is 229 g/mol. The van der Waals surface area contributed by atoms with Gasteiger partial charge >= 0.3 is 0 Å². The van der Waals surface area contributed by atoms with Crippen LogP contribution in [0.1, 0.15) is 13.3 Å². The monoisotopic (exact) mass is 229 g/mol. The Morgan fingerprint density at radius 3 is 2.50 bits per heavy atom. The van der Waals surface area contributed by atoms with Gasteiger partial charge in [0.2, 0.25) is 0 Å². The van der Waals surface area contributed by atoms with Crippen molar-refractivity contribution in [1.29, 1.82) is 0 Å². The van der Waals surface area contributed by atoms with Gasteiger partial charge in [-0.1, -0.05) is 18.1 Å². The molecule has 0 fully saturated rings. The highest BCUT2D eigenvalue weighted by molar-refractivity contribution is 5.87. The Balaban J connectivity index is 2.94. The lowest BCUT2D eigenvalue weighted by Crippen LogP contribution is -2.35. The third-order valence-electron chi connectivity index (χ3n) is 2.16. The number of anilines is 1. The van der Waals surface area contributed by atoms with Gasteiger partial charge in [-0.2, -0.15) is 0 Å². The number of hydrogen-bond donors (Lipinski definition) is 3. The topological polar surface area (TPSA) is 70.6 Å². The molecule has 16 heavy (non-hydrogen) atoms. The van der Waals surface area contributed by atoms with Gasteiger partial charge in [-0.25, -0.2) is 8.78 Å². The first-order chi connectivity index (χ1) is 7.60. The van der Waals surface area contributed by atoms with Gasteiger partial charge in [0.05, 0.1) is 6.04 Å². The van der Waals surface area contributed by atoms with E-state index in [4.69, 9.17) is 10.9 Å². The molecule has 0 aliphatic carbocycles. The van der Waals surface area contributed by atoms with Crippen LogP contribution >= 0.6 is 0 Å². The van der Waals surface area contributed by atoms with E-state index in [1.54, 1.807) is 6.92 Å². The van der Waals surface area contributed by atoms with Gasteiger partial charge < -0.3 is 16.3 Å². The Kier molecular flexibility index (Phi) is 4.04. The van der Waals surface area contributed by atoms with Crippen molar-refractivity contribution in [2.24, 2.45) is 10.9 Å². The zero-order chi connectivity index (χ0) is 12.1. The molecule has 0 heterocycles. The van der Waals surface area contributed by atoms with E-state index in [9.17, 15) is 8.78 Å². The Morgan fingerprint density at radius 2 is 2.06 bits per heavy atom. The van der Waals surface area contributed by atoms with E-state index in [1.165, 1.54) is 6.07 Å². The molecule has 0 bridgehead atoms. The van der Waals surface area contributed by atoms with Crippen LogP contribution in [0.25, 0.3) is 0 Å². The van der Waals surface area contributed by atoms with Crippen molar-refractivity contribution >= 4 is 11.5 Å². The van der Waals surface area contributed by atoms with Crippen molar-refractivity contribution in [2.45, 2.75) is 19.4 Å². The van der Waals surface area contributed by atoms with Crippen LogP contribution in [0.15, 0.2) is 23.4 Å². The van der Waals surface area contributed by atoms with Crippen molar-refractivity contribution in [2.75, 3.05) is 5.32 Å². The molecule has 88 valence electrons. The second-order valence-electron chi connectivity index (χ2n) is 3.23. The maximum Gasteiger partial charge on any atom is 0.161 e. The molecule has 4 nitrogen and oxygen atoms in total. The fourth-order valence-electron chi connectivity index (χ4n) is 1.26. The summed E-state index contributed by atoms with van der Waals surface area (Å²) in [4.78, 5) is 0. The van der Waals surface area contributed by atoms with Crippen LogP contribution in [0, 0.1) is 11.6 Å². The molecule has 0 radical (unpaired) electrons. The second-order valence-corrected chi connectivity index (χ2v) is 3.23. The molecule has 0 aliphatic rings. The number of para-hydroxylation sites is 1. The molecule has 0 aliphatic heterocycles. The molecule has 1 rings (SSSR count). The molecular formula is C10H13F2N3O. The van der Waals surface area contributed by atoms with Crippen LogP contribution in [0.3, 0.4) is 0 Å². The molecule has 0 saturated heterocycles. The lowest BCUT2D eigenvalue weighted by Gasteiger charge is -2.17. The zero-order valence-electron chi connectivity index (χ0n) is 8.74. The fourth-order valence-corrected chi connectivity index (χ4v) is 1.26. The van der Waals surface area contributed by atoms with Crippen LogP contribution in [-0.4, -0.2) is 17.1 Å². The van der Waals surface area contributed by atoms with Gasteiger partial charge in [0, 0.05) is 0 Å². The number of rotatable bonds is 4. The molecule has 0 saturated carbocycles. The Bertz CT molecular complexity index is 375. The standard InChI is InChI=1S/C10H13F2N3O/c1-2-8(10(13)15-16)14-9-6(11)4-3-5-7(9)12/h3-5,8,14,16H,2H2,1H3,(H2,13,15). The minimum Gasteiger partial charge on any atom is -0.409 e. The number of halogens is 2. The molecule has 1 aromatic rings. The summed E-state index contributed by atoms with van der Waals surface area (Å²) < 4.78 is 26.5. The summed E-state index contributed by atoms with van der Waals surface area (Å²) in [6.45, 7) is 1.74. The van der Waals surface area contributed by atoms with E-state index in [-0.39, 0.29) is 11.5 Å². The minimum atomic E-state index is -0.718. The molecular weight excluding hydrogens is 216 g/mol. The third-order valence-corrected chi connectivity index (χ3v) is 2.16. The third kappa shape index (κ3) is 2.59. The van der Waals surface area contributed by atoms with Gasteiger partial charge in [0.15, 0.2) is 5.84 Å². The van der Waals surface area contributed by atoms with Gasteiger partial charge in [-0.05, 0) is 18.6 Å². The number of hydrogen-bond acceptors (Lipinski definition) is 3. The maximum atomic E-state index is 13.3. The number of nitrogens with one attached hydrogen (secondary N) is 1. The number of nitrogens with two attached hydrogens (primary N) is 1. The fraction of sp³-hybridized carbons (Fsp3) is 0.300. The molecule has 1 unspecified atom stereocenters. The average Bonchev–Trinajstić information content (AvgIpc) is 2.28. The zero-order valence-corrected chi connectivity index (χ0v) is 8.74. The highest BCUT2D eigenvalue weighted by atomic mass is 19.1. The lowest BCUT2D eigenvalue weighted by molar-refractivity contribution is 0.316. The number of oxime groups is 1. The van der Waals surface area contributed by atoms with Crippen molar-refractivity contribution in [3.63, 3.8) is 0 Å². The SMILES string of the molecule is CCC(Nc1c(F)cccc1F)C(N)=NO. The first-order valence-electron chi connectivity index (χ1n) is 4.78. The highest BCUT2D eigenvalue weighted by Crippen LogP contribution is 2.19. The molecule has 1 aromatic carbocycles. The summed E-state index contributed by atoms with van der Waals surface area (Å²) in [6, 6.07) is 2.91. The van der Waals surface area contributed by atoms with Crippen LogP contribution in [-0.2, 0) is 0 Å². The van der Waals surface area contributed by atoms with E-state index in [1.807, 2.05) is 0 Å². The van der Waals surface area contributed by atoms with E-state index < -0.39 is 17.7 Å². The summed E-state index contributed by atoms with van der Waals surface area (Å²) in [5.41, 5.74) is 5.09. The van der Waals surface area contributed by atoms with Crippen LogP contribution in [0.5, 0.6) is 0 Å². The van der Waals surface area contributed by atoms with Crippen LogP contribution in [0.2, 0.25) is 0 Å². The molecule has 0 amide bonds. The Labute approximate surface area is 91.8 Å². The van der Waals surface area contributed by atoms with Crippen molar-refractivity contribution in [3.05, 3.63) is 29.8 Å². The second kappa shape index (κ2) is 5.29. The summed E-state index contributed by atoms with van der Waals surface area (Å²) >= 11 is 0. The van der Waals surface area contributed by atoms with Crippen LogP contribution in [0.4, 0.5) is 14.5 Å². The predicted molar refractivity (Wildman–Crippen MR) is 57.5 cm³/mol. The van der Waals surface area contributed by atoms with Crippen molar-refractivity contribution in [1.82, 2.24) is 0 Å². The smallest absolute Gasteiger partial charge is 0.161 e. The number of benzene rings is 1. The normalized spacial score (nSPS) is 13.6. The Morgan fingerprint density at radius 1 is 1.50 bits per heavy atom. The van der Waals surface area contributed by atoms with Gasteiger partial charge in [0.25, 0.3) is 0 Å². The first kappa shape index (κ1) is 12.2. The summed E-state index contributed by atoms with van der Waals surface area (Å²) in [5.74, 6) is -1.56. The summed E-state index contributed by atoms with van der Waals surface area (Å²) in [6.07, 6.45) is 0.434. The van der Waals surface area contributed by atoms with E-state index in [0.717, 1.165) is 12.1 Å². The van der Waals surface area contributed by atoms with Crippen molar-refractivity contribution in [3.8, 4) is 0 Å². The van der Waals surface area contributed by atoms with Gasteiger partial charge in [-0.15, -0.1) is 0 Å². The number of nitrogens with zero attached hydrogens (tertiary/aromatic N) is 1. The largest absolute Gasteiger partial charge is 0.409 e. The van der Waals surface area contributed by atoms with Gasteiger partial charge in [0.1, 0.15) is 17.3 Å². The maximum absolute atomic E-state index is 13.3. The highest BCUT2D eigenvalue weighted by Gasteiger charge is 2.16. The molecule has 0 spiro atoms. The molecule has 1 atom stereocenters. The van der Waals surface area contributed by atoms with E-state index >= 15 is 0 Å². The molecule has 6 heteroatoms. The van der Waals surface area contributed by atoms with E-state index in [0.29, 0.717) is 6.42 Å². The van der Waals surface area contributed by atoms with Crippen molar-refractivity contribution < 1.29 is 14.0 Å². The van der Waals surface area contributed by atoms with Crippen LogP contribution < -0.4 is 11.1 Å². The minimum absolute atomic E-state index is 0.120. The summed E-state index contributed by atoms with van der Waals surface area (Å²) in [7, 11) is 0. The quantitative estimate of drug-likeness (QED) is 0.319. The Hall–Kier alpha value is -1.85. The summed E-state index contributed by atoms with van der Waals surface area (Å²) in [5, 5.41) is 13.8. The first-order valence-corrected chi connectivity index (χ1v) is 4.78.